The van der Waals surface area contributed by atoms with Gasteiger partial charge in [-0.25, -0.2) is 27.4 Å². The number of carbonyl (C=O) groups is 2. The van der Waals surface area contributed by atoms with Gasteiger partial charge in [0.15, 0.2) is 11.6 Å². The Morgan fingerprint density at radius 3 is 2.49 bits per heavy atom. The van der Waals surface area contributed by atoms with E-state index < -0.39 is 58.4 Å². The number of benzene rings is 1. The van der Waals surface area contributed by atoms with Crippen LogP contribution in [0, 0.1) is 11.6 Å². The summed E-state index contributed by atoms with van der Waals surface area (Å²) in [6.07, 6.45) is -2.52. The maximum absolute atomic E-state index is 15.1. The third-order valence-corrected chi connectivity index (χ3v) is 7.45. The van der Waals surface area contributed by atoms with Crippen LogP contribution in [0.3, 0.4) is 0 Å². The van der Waals surface area contributed by atoms with Gasteiger partial charge in [0.05, 0.1) is 23.7 Å². The monoisotopic (exact) mass is 546 g/mol. The van der Waals surface area contributed by atoms with Gasteiger partial charge in [-0.15, -0.1) is 4.41 Å². The summed E-state index contributed by atoms with van der Waals surface area (Å²) in [6, 6.07) is 4.50. The van der Waals surface area contributed by atoms with E-state index >= 15 is 8.78 Å². The summed E-state index contributed by atoms with van der Waals surface area (Å²) >= 11 is 0. The average Bonchev–Trinajstić information content (AvgIpc) is 3.06. The normalized spacial score (nSPS) is 19.2. The van der Waals surface area contributed by atoms with Gasteiger partial charge in [-0.3, -0.25) is 14.7 Å². The quantitative estimate of drug-likeness (QED) is 0.495. The molecule has 2 fully saturated rings. The second-order valence-electron chi connectivity index (χ2n) is 8.08. The van der Waals surface area contributed by atoms with E-state index in [0.29, 0.717) is 0 Å². The number of halogens is 4. The van der Waals surface area contributed by atoms with Gasteiger partial charge in [-0.05, 0) is 12.1 Å². The summed E-state index contributed by atoms with van der Waals surface area (Å²) in [5.41, 5.74) is 2.18. The number of alkyl halides is 2. The number of amides is 2. The number of hydrogen-bond acceptors (Lipinski definition) is 8. The van der Waals surface area contributed by atoms with Gasteiger partial charge in [0, 0.05) is 50.7 Å². The number of rotatable bonds is 7. The van der Waals surface area contributed by atoms with E-state index in [-0.39, 0.29) is 43.3 Å². The Labute approximate surface area is 209 Å². The molecule has 3 heterocycles. The molecule has 0 saturated carbocycles. The summed E-state index contributed by atoms with van der Waals surface area (Å²) in [4.78, 5) is 29.3. The molecule has 0 radical (unpaired) electrons. The van der Waals surface area contributed by atoms with Crippen LogP contribution in [0.5, 0.6) is 0 Å². The van der Waals surface area contributed by atoms with Crippen molar-refractivity contribution >= 4 is 33.4 Å². The number of aromatic nitrogens is 1. The van der Waals surface area contributed by atoms with Crippen molar-refractivity contribution in [3.8, 4) is 0 Å². The number of nitrogens with zero attached hydrogens (tertiary/aromatic N) is 4. The van der Waals surface area contributed by atoms with Crippen molar-refractivity contribution in [3.05, 3.63) is 48.3 Å². The van der Waals surface area contributed by atoms with Gasteiger partial charge in [-0.2, -0.15) is 8.78 Å². The van der Waals surface area contributed by atoms with Crippen molar-refractivity contribution < 1.29 is 40.3 Å². The summed E-state index contributed by atoms with van der Waals surface area (Å²) in [5, 5.41) is 1.92. The van der Waals surface area contributed by atoms with Crippen LogP contribution < -0.4 is 20.5 Å². The minimum absolute atomic E-state index is 0.00902. The molecular formula is C21H22F4N6O5S. The maximum Gasteiger partial charge on any atom is 0.414 e. The Morgan fingerprint density at radius 2 is 1.84 bits per heavy atom. The van der Waals surface area contributed by atoms with Crippen molar-refractivity contribution in [1.82, 2.24) is 20.1 Å². The number of ether oxygens (including phenoxy) is 1. The molecule has 2 amide bonds. The number of pyridine rings is 1. The summed E-state index contributed by atoms with van der Waals surface area (Å²) in [5.74, 6) is -3.53. The Balaban J connectivity index is 1.45. The first-order chi connectivity index (χ1) is 17.6. The standard InChI is InChI=1S/C21H22F4N6O5S/c22-16-9-13(30-12-14(36-21(30)33)11-27-20(32)19(24)25)10-17(23)18(16)29-6-5-28-31(8-7-29)37(34,35)15-1-3-26-4-2-15/h1-4,9-10,14,19,28H,5-8,11-12H2,(H,27,32). The second kappa shape index (κ2) is 10.9. The van der Waals surface area contributed by atoms with E-state index in [9.17, 15) is 26.8 Å². The summed E-state index contributed by atoms with van der Waals surface area (Å²) < 4.78 is 86.5. The molecular weight excluding hydrogens is 524 g/mol. The highest BCUT2D eigenvalue weighted by Gasteiger charge is 2.35. The van der Waals surface area contributed by atoms with Crippen LogP contribution in [-0.2, 0) is 19.6 Å². The minimum Gasteiger partial charge on any atom is -0.442 e. The van der Waals surface area contributed by atoms with Gasteiger partial charge in [0.25, 0.3) is 15.9 Å². The third kappa shape index (κ3) is 5.75. The molecule has 1 unspecified atom stereocenters. The fraction of sp³-hybridized carbons (Fsp3) is 0.381. The highest BCUT2D eigenvalue weighted by molar-refractivity contribution is 7.89. The molecule has 2 aliphatic rings. The summed E-state index contributed by atoms with van der Waals surface area (Å²) in [7, 11) is -3.91. The number of nitrogens with one attached hydrogen (secondary N) is 2. The number of cyclic esters (lactones) is 1. The maximum atomic E-state index is 15.1. The molecule has 0 bridgehead atoms. The van der Waals surface area contributed by atoms with Crippen LogP contribution in [0.15, 0.2) is 41.6 Å². The molecule has 0 spiro atoms. The van der Waals surface area contributed by atoms with Crippen LogP contribution in [-0.4, -0.2) is 81.6 Å². The molecule has 1 aromatic heterocycles. The predicted molar refractivity (Wildman–Crippen MR) is 121 cm³/mol. The zero-order valence-electron chi connectivity index (χ0n) is 19.1. The Hall–Kier alpha value is -3.50. The van der Waals surface area contributed by atoms with E-state index in [2.05, 4.69) is 10.4 Å². The van der Waals surface area contributed by atoms with Gasteiger partial charge in [0.2, 0.25) is 0 Å². The average molecular weight is 547 g/mol. The Morgan fingerprint density at radius 1 is 1.16 bits per heavy atom. The van der Waals surface area contributed by atoms with E-state index in [4.69, 9.17) is 4.74 Å². The van der Waals surface area contributed by atoms with E-state index in [1.54, 1.807) is 0 Å². The zero-order chi connectivity index (χ0) is 26.7. The lowest BCUT2D eigenvalue weighted by molar-refractivity contribution is -0.132. The van der Waals surface area contributed by atoms with Crippen LogP contribution >= 0.6 is 0 Å². The van der Waals surface area contributed by atoms with E-state index in [1.807, 2.05) is 5.32 Å². The fourth-order valence-electron chi connectivity index (χ4n) is 3.92. The van der Waals surface area contributed by atoms with Crippen LogP contribution in [0.25, 0.3) is 0 Å². The minimum atomic E-state index is -3.91. The predicted octanol–water partition coefficient (Wildman–Crippen LogP) is 1.08. The van der Waals surface area contributed by atoms with Crippen molar-refractivity contribution in [2.45, 2.75) is 17.4 Å². The number of anilines is 2. The molecule has 1 aromatic carbocycles. The molecule has 1 atom stereocenters. The second-order valence-corrected chi connectivity index (χ2v) is 9.94. The largest absolute Gasteiger partial charge is 0.442 e. The van der Waals surface area contributed by atoms with Gasteiger partial charge >= 0.3 is 12.5 Å². The van der Waals surface area contributed by atoms with Gasteiger partial charge in [0.1, 0.15) is 11.8 Å². The van der Waals surface area contributed by atoms with Crippen LogP contribution in [0.2, 0.25) is 0 Å². The van der Waals surface area contributed by atoms with Crippen molar-refractivity contribution in [2.24, 2.45) is 0 Å². The van der Waals surface area contributed by atoms with Gasteiger partial charge < -0.3 is 15.0 Å². The van der Waals surface area contributed by atoms with Crippen LogP contribution in [0.4, 0.5) is 33.7 Å². The lowest BCUT2D eigenvalue weighted by Crippen LogP contribution is -2.43. The van der Waals surface area contributed by atoms with Gasteiger partial charge in [-0.1, -0.05) is 0 Å². The first kappa shape index (κ1) is 26.6. The highest BCUT2D eigenvalue weighted by Crippen LogP contribution is 2.31. The SMILES string of the molecule is O=C(NCC1CN(c2cc(F)c(N3CCNN(S(=O)(=O)c4ccncc4)CC3)c(F)c2)C(=O)O1)C(F)F. The highest BCUT2D eigenvalue weighted by atomic mass is 32.2. The molecule has 0 aliphatic carbocycles. The Bertz CT molecular complexity index is 1250. The number of carbonyl (C=O) groups excluding carboxylic acids is 2. The molecule has 2 aliphatic heterocycles. The molecule has 2 saturated heterocycles. The lowest BCUT2D eigenvalue weighted by Gasteiger charge is -2.25. The molecule has 2 N–H and O–H groups in total. The lowest BCUT2D eigenvalue weighted by atomic mass is 10.2. The zero-order valence-corrected chi connectivity index (χ0v) is 19.9. The molecule has 4 rings (SSSR count). The molecule has 11 nitrogen and oxygen atoms in total. The van der Waals surface area contributed by atoms with Crippen molar-refractivity contribution in [3.63, 3.8) is 0 Å². The topological polar surface area (TPSA) is 124 Å². The van der Waals surface area contributed by atoms with Crippen molar-refractivity contribution in [1.29, 1.82) is 0 Å². The fourth-order valence-corrected chi connectivity index (χ4v) is 5.22. The molecule has 200 valence electrons. The van der Waals surface area contributed by atoms with Crippen molar-refractivity contribution in [2.75, 3.05) is 49.1 Å². The number of hydrazine groups is 1. The third-order valence-electron chi connectivity index (χ3n) is 5.69. The molecule has 16 heteroatoms. The molecule has 2 aromatic rings. The van der Waals surface area contributed by atoms with E-state index in [1.165, 1.54) is 29.4 Å². The number of hydrogen-bond donors (Lipinski definition) is 2. The summed E-state index contributed by atoms with van der Waals surface area (Å²) in [6.45, 7) is -0.634. The smallest absolute Gasteiger partial charge is 0.414 e. The van der Waals surface area contributed by atoms with E-state index in [0.717, 1.165) is 21.4 Å². The first-order valence-corrected chi connectivity index (χ1v) is 12.5. The Kier molecular flexibility index (Phi) is 7.79. The first-order valence-electron chi connectivity index (χ1n) is 11.0. The number of sulfonamides is 1. The van der Waals surface area contributed by atoms with Crippen LogP contribution in [0.1, 0.15) is 0 Å². The molecule has 37 heavy (non-hydrogen) atoms.